The van der Waals surface area contributed by atoms with Crippen LogP contribution in [-0.4, -0.2) is 67.4 Å². The smallest absolute Gasteiger partial charge is 0.243 e. The molecule has 0 saturated carbocycles. The van der Waals surface area contributed by atoms with E-state index in [0.717, 1.165) is 16.0 Å². The fourth-order valence-corrected chi connectivity index (χ4v) is 6.51. The van der Waals surface area contributed by atoms with Gasteiger partial charge in [-0.3, -0.25) is 4.79 Å². The average molecular weight is 601 g/mol. The van der Waals surface area contributed by atoms with Crippen LogP contribution >= 0.6 is 11.8 Å². The number of rotatable bonds is 15. The molecule has 2 atom stereocenters. The monoisotopic (exact) mass is 600 g/mol. The van der Waals surface area contributed by atoms with Gasteiger partial charge < -0.3 is 20.3 Å². The maximum absolute atomic E-state index is 13.6. The number of thioether (sulfide) groups is 1. The SMILES string of the molecule is COc1cc(CCC(=O)N[C@@H](Cc2ccccc2)[C@H](O)CN(CC(C)C)S(=O)(=O)c2ccc(SC)cc2)ccc1O. The Hall–Kier alpha value is -3.05. The number of hydrogen-bond donors (Lipinski definition) is 3. The summed E-state index contributed by atoms with van der Waals surface area (Å²) in [6.07, 6.45) is 1.64. The third-order valence-electron chi connectivity index (χ3n) is 6.65. The fraction of sp³-hybridized carbons (Fsp3) is 0.387. The van der Waals surface area contributed by atoms with E-state index in [-0.39, 0.29) is 42.0 Å². The number of aliphatic hydroxyl groups is 1. The number of nitrogens with one attached hydrogen (secondary N) is 1. The Morgan fingerprint density at radius 1 is 1.00 bits per heavy atom. The van der Waals surface area contributed by atoms with E-state index in [0.29, 0.717) is 18.6 Å². The molecule has 8 nitrogen and oxygen atoms in total. The molecule has 3 rings (SSSR count). The van der Waals surface area contributed by atoms with Gasteiger partial charge in [-0.2, -0.15) is 4.31 Å². The van der Waals surface area contributed by atoms with Crippen LogP contribution in [0.2, 0.25) is 0 Å². The van der Waals surface area contributed by atoms with Crippen molar-refractivity contribution in [1.82, 2.24) is 9.62 Å². The van der Waals surface area contributed by atoms with E-state index in [9.17, 15) is 23.4 Å². The van der Waals surface area contributed by atoms with Crippen LogP contribution in [0, 0.1) is 5.92 Å². The number of ether oxygens (including phenoxy) is 1. The summed E-state index contributed by atoms with van der Waals surface area (Å²) in [5.41, 5.74) is 1.72. The van der Waals surface area contributed by atoms with Gasteiger partial charge in [0.05, 0.1) is 24.2 Å². The topological polar surface area (TPSA) is 116 Å². The first-order valence-electron chi connectivity index (χ1n) is 13.5. The molecule has 0 fully saturated rings. The first kappa shape index (κ1) is 32.5. The number of amides is 1. The summed E-state index contributed by atoms with van der Waals surface area (Å²) < 4.78 is 33.7. The highest BCUT2D eigenvalue weighted by Crippen LogP contribution is 2.27. The number of hydrogen-bond acceptors (Lipinski definition) is 7. The molecule has 41 heavy (non-hydrogen) atoms. The second-order valence-electron chi connectivity index (χ2n) is 10.3. The number of methoxy groups -OCH3 is 1. The zero-order valence-electron chi connectivity index (χ0n) is 24.0. The van der Waals surface area contributed by atoms with Crippen molar-refractivity contribution in [2.75, 3.05) is 26.5 Å². The minimum absolute atomic E-state index is 0.0203. The second-order valence-corrected chi connectivity index (χ2v) is 13.1. The Balaban J connectivity index is 1.79. The van der Waals surface area contributed by atoms with Crippen molar-refractivity contribution < 1.29 is 28.2 Å². The van der Waals surface area contributed by atoms with Gasteiger partial charge in [-0.05, 0) is 72.5 Å². The Morgan fingerprint density at radius 2 is 1.68 bits per heavy atom. The number of aromatic hydroxyl groups is 1. The lowest BCUT2D eigenvalue weighted by molar-refractivity contribution is -0.122. The van der Waals surface area contributed by atoms with Crippen molar-refractivity contribution in [2.45, 2.75) is 55.0 Å². The molecular formula is C31H40N2O6S2. The maximum atomic E-state index is 13.6. The maximum Gasteiger partial charge on any atom is 0.243 e. The second kappa shape index (κ2) is 15.3. The van der Waals surface area contributed by atoms with Crippen molar-refractivity contribution in [1.29, 1.82) is 0 Å². The molecule has 1 amide bonds. The van der Waals surface area contributed by atoms with Crippen LogP contribution in [0.25, 0.3) is 0 Å². The Bertz CT molecular complexity index is 1370. The molecule has 3 N–H and O–H groups in total. The van der Waals surface area contributed by atoms with Crippen molar-refractivity contribution in [3.8, 4) is 11.5 Å². The van der Waals surface area contributed by atoms with Crippen LogP contribution in [0.3, 0.4) is 0 Å². The number of carbonyl (C=O) groups is 1. The molecule has 0 spiro atoms. The summed E-state index contributed by atoms with van der Waals surface area (Å²) in [5, 5.41) is 24.2. The van der Waals surface area contributed by atoms with E-state index in [4.69, 9.17) is 4.74 Å². The lowest BCUT2D eigenvalue weighted by atomic mass is 10.00. The molecule has 0 saturated heterocycles. The summed E-state index contributed by atoms with van der Waals surface area (Å²) in [5.74, 6) is 0.0949. The zero-order chi connectivity index (χ0) is 30.0. The third kappa shape index (κ3) is 9.49. The fourth-order valence-electron chi connectivity index (χ4n) is 4.48. The minimum Gasteiger partial charge on any atom is -0.504 e. The van der Waals surface area contributed by atoms with Gasteiger partial charge in [-0.25, -0.2) is 8.42 Å². The standard InChI is InChI=1S/C31H40N2O6S2/c1-22(2)20-33(41(37,38)26-14-12-25(40-4)13-15-26)21-29(35)27(18-23-8-6-5-7-9-23)32-31(36)17-11-24-10-16-28(34)30(19-24)39-3/h5-10,12-16,19,22,27,29,34-35H,11,17-18,20-21H2,1-4H3,(H,32,36)/t27-,29+/m0/s1. The summed E-state index contributed by atoms with van der Waals surface area (Å²) in [7, 11) is -2.43. The van der Waals surface area contributed by atoms with Crippen molar-refractivity contribution in [3.63, 3.8) is 0 Å². The summed E-state index contributed by atoms with van der Waals surface area (Å²) in [4.78, 5) is 14.2. The Morgan fingerprint density at radius 3 is 2.29 bits per heavy atom. The number of aliphatic hydroxyl groups excluding tert-OH is 1. The molecule has 10 heteroatoms. The van der Waals surface area contributed by atoms with Crippen LogP contribution in [0.15, 0.2) is 82.6 Å². The number of nitrogens with zero attached hydrogens (tertiary/aromatic N) is 1. The van der Waals surface area contributed by atoms with Gasteiger partial charge in [0.2, 0.25) is 15.9 Å². The first-order valence-corrected chi connectivity index (χ1v) is 16.2. The quantitative estimate of drug-likeness (QED) is 0.220. The van der Waals surface area contributed by atoms with Crippen LogP contribution in [0.4, 0.5) is 0 Å². The molecule has 0 aliphatic carbocycles. The molecule has 222 valence electrons. The van der Waals surface area contributed by atoms with Gasteiger partial charge in [0.15, 0.2) is 11.5 Å². The van der Waals surface area contributed by atoms with E-state index in [1.807, 2.05) is 50.4 Å². The van der Waals surface area contributed by atoms with Gasteiger partial charge in [-0.1, -0.05) is 50.2 Å². The van der Waals surface area contributed by atoms with E-state index in [1.165, 1.54) is 29.2 Å². The van der Waals surface area contributed by atoms with Crippen LogP contribution in [0.5, 0.6) is 11.5 Å². The van der Waals surface area contributed by atoms with E-state index >= 15 is 0 Å². The summed E-state index contributed by atoms with van der Waals surface area (Å²) in [6, 6.07) is 20.4. The number of phenolic OH excluding ortho intramolecular Hbond substituents is 1. The zero-order valence-corrected chi connectivity index (χ0v) is 25.6. The van der Waals surface area contributed by atoms with Gasteiger partial charge >= 0.3 is 0 Å². The molecule has 3 aromatic rings. The molecule has 0 heterocycles. The molecular weight excluding hydrogens is 560 g/mol. The highest BCUT2D eigenvalue weighted by Gasteiger charge is 2.31. The van der Waals surface area contributed by atoms with E-state index in [1.54, 1.807) is 36.4 Å². The Labute approximate surface area is 247 Å². The molecule has 3 aromatic carbocycles. The first-order chi connectivity index (χ1) is 19.5. The Kier molecular flexibility index (Phi) is 12.1. The van der Waals surface area contributed by atoms with Crippen LogP contribution in [-0.2, 0) is 27.7 Å². The average Bonchev–Trinajstić information content (AvgIpc) is 2.96. The lowest BCUT2D eigenvalue weighted by Crippen LogP contribution is -2.51. The van der Waals surface area contributed by atoms with Gasteiger partial charge in [0.1, 0.15) is 0 Å². The molecule has 0 unspecified atom stereocenters. The third-order valence-corrected chi connectivity index (χ3v) is 9.24. The normalized spacial score (nSPS) is 13.2. The number of sulfonamides is 1. The molecule has 0 bridgehead atoms. The summed E-state index contributed by atoms with van der Waals surface area (Å²) in [6.45, 7) is 3.90. The molecule has 0 aliphatic rings. The number of benzene rings is 3. The number of aryl methyl sites for hydroxylation is 1. The van der Waals surface area contributed by atoms with E-state index < -0.39 is 22.2 Å². The minimum atomic E-state index is -3.89. The lowest BCUT2D eigenvalue weighted by Gasteiger charge is -2.31. The van der Waals surface area contributed by atoms with Crippen molar-refractivity contribution in [3.05, 3.63) is 83.9 Å². The largest absolute Gasteiger partial charge is 0.504 e. The van der Waals surface area contributed by atoms with Crippen LogP contribution in [0.1, 0.15) is 31.4 Å². The molecule has 0 aliphatic heterocycles. The van der Waals surface area contributed by atoms with Gasteiger partial charge in [-0.15, -0.1) is 11.8 Å². The van der Waals surface area contributed by atoms with Gasteiger partial charge in [0, 0.05) is 24.4 Å². The number of carbonyl (C=O) groups excluding carboxylic acids is 1. The predicted octanol–water partition coefficient (Wildman–Crippen LogP) is 4.49. The van der Waals surface area contributed by atoms with Crippen LogP contribution < -0.4 is 10.1 Å². The predicted molar refractivity (Wildman–Crippen MR) is 163 cm³/mol. The molecule has 0 radical (unpaired) electrons. The van der Waals surface area contributed by atoms with E-state index in [2.05, 4.69) is 5.32 Å². The molecule has 0 aromatic heterocycles. The number of phenols is 1. The highest BCUT2D eigenvalue weighted by molar-refractivity contribution is 7.98. The van der Waals surface area contributed by atoms with Crippen molar-refractivity contribution in [2.24, 2.45) is 5.92 Å². The summed E-state index contributed by atoms with van der Waals surface area (Å²) >= 11 is 1.53. The van der Waals surface area contributed by atoms with Crippen molar-refractivity contribution >= 4 is 27.7 Å². The highest BCUT2D eigenvalue weighted by atomic mass is 32.2. The van der Waals surface area contributed by atoms with Gasteiger partial charge in [0.25, 0.3) is 0 Å².